The monoisotopic (exact) mass is 459 g/mol. The first kappa shape index (κ1) is 21.7. The van der Waals surface area contributed by atoms with Crippen LogP contribution in [0, 0.1) is 6.92 Å². The fraction of sp³-hybridized carbons (Fsp3) is 0.0800. The van der Waals surface area contributed by atoms with Crippen molar-refractivity contribution in [2.45, 2.75) is 6.92 Å². The van der Waals surface area contributed by atoms with Crippen LogP contribution in [-0.4, -0.2) is 23.1 Å². The van der Waals surface area contributed by atoms with Crippen LogP contribution in [-0.2, 0) is 4.79 Å². The van der Waals surface area contributed by atoms with Crippen LogP contribution in [0.5, 0.6) is 5.75 Å². The summed E-state index contributed by atoms with van der Waals surface area (Å²) in [5, 5.41) is 6.98. The maximum atomic E-state index is 12.2. The molecule has 4 aromatic rings. The first-order valence-electron chi connectivity index (χ1n) is 9.92. The van der Waals surface area contributed by atoms with Gasteiger partial charge in [-0.3, -0.25) is 10.1 Å². The van der Waals surface area contributed by atoms with Crippen molar-refractivity contribution in [2.24, 2.45) is 0 Å². The summed E-state index contributed by atoms with van der Waals surface area (Å²) in [5.41, 5.74) is 4.78. The van der Waals surface area contributed by atoms with E-state index in [1.807, 2.05) is 61.5 Å². The average Bonchev–Trinajstić information content (AvgIpc) is 3.24. The molecular formula is C25H21N3O2S2. The molecule has 0 fully saturated rings. The molecule has 0 radical (unpaired) electrons. The van der Waals surface area contributed by atoms with Crippen molar-refractivity contribution in [1.29, 1.82) is 0 Å². The Morgan fingerprint density at radius 3 is 2.59 bits per heavy atom. The third-order valence-electron chi connectivity index (χ3n) is 4.80. The molecule has 2 N–H and O–H groups in total. The molecule has 160 valence electrons. The second-order valence-corrected chi connectivity index (χ2v) is 8.51. The summed E-state index contributed by atoms with van der Waals surface area (Å²) in [7, 11) is 1.61. The van der Waals surface area contributed by atoms with Crippen LogP contribution in [0.3, 0.4) is 0 Å². The van der Waals surface area contributed by atoms with Gasteiger partial charge in [-0.1, -0.05) is 24.3 Å². The van der Waals surface area contributed by atoms with E-state index >= 15 is 0 Å². The molecule has 0 saturated carbocycles. The number of amides is 1. The van der Waals surface area contributed by atoms with Crippen molar-refractivity contribution in [1.82, 2.24) is 10.3 Å². The minimum Gasteiger partial charge on any atom is -0.497 e. The molecule has 5 nitrogen and oxygen atoms in total. The highest BCUT2D eigenvalue weighted by molar-refractivity contribution is 7.80. The summed E-state index contributed by atoms with van der Waals surface area (Å²) in [6.45, 7) is 1.99. The van der Waals surface area contributed by atoms with Gasteiger partial charge in [0.15, 0.2) is 5.11 Å². The number of thiazole rings is 1. The largest absolute Gasteiger partial charge is 0.497 e. The molecule has 1 amide bonds. The molecule has 0 bridgehead atoms. The number of nitrogens with zero attached hydrogens (tertiary/aromatic N) is 1. The Kier molecular flexibility index (Phi) is 6.58. The quantitative estimate of drug-likeness (QED) is 0.291. The molecule has 0 saturated heterocycles. The van der Waals surface area contributed by atoms with Gasteiger partial charge in [0.25, 0.3) is 0 Å². The molecule has 0 aliphatic heterocycles. The standard InChI is InChI=1S/C25H21N3O2S2/c1-16-15-18(24-26-21-5-3-4-6-22(21)32-24)10-13-20(16)27-25(31)28-23(29)14-9-17-7-11-19(30-2)12-8-17/h3-15H,1-2H3,(H2,27,28,29,31)/b14-9+. The number of carbonyl (C=O) groups is 1. The van der Waals surface area contributed by atoms with Gasteiger partial charge in [0.1, 0.15) is 10.8 Å². The molecule has 0 spiro atoms. The van der Waals surface area contributed by atoms with Gasteiger partial charge in [-0.05, 0) is 78.8 Å². The van der Waals surface area contributed by atoms with E-state index in [1.165, 1.54) is 6.08 Å². The number of carbonyl (C=O) groups excluding carboxylic acids is 1. The number of hydrogen-bond donors (Lipinski definition) is 2. The molecule has 0 aliphatic rings. The number of thiocarbonyl (C=S) groups is 1. The summed E-state index contributed by atoms with van der Waals surface area (Å²) in [6, 6.07) is 21.5. The minimum absolute atomic E-state index is 0.241. The Bertz CT molecular complexity index is 1280. The van der Waals surface area contributed by atoms with E-state index in [4.69, 9.17) is 21.9 Å². The van der Waals surface area contributed by atoms with Crippen molar-refractivity contribution in [2.75, 3.05) is 12.4 Å². The summed E-state index contributed by atoms with van der Waals surface area (Å²) >= 11 is 6.97. The number of ether oxygens (including phenoxy) is 1. The van der Waals surface area contributed by atoms with Crippen LogP contribution in [0.25, 0.3) is 26.9 Å². The lowest BCUT2D eigenvalue weighted by atomic mass is 10.1. The Labute approximate surface area is 195 Å². The number of anilines is 1. The van der Waals surface area contributed by atoms with Crippen molar-refractivity contribution in [3.05, 3.63) is 83.9 Å². The molecule has 32 heavy (non-hydrogen) atoms. The summed E-state index contributed by atoms with van der Waals surface area (Å²) in [5.74, 6) is 0.462. The smallest absolute Gasteiger partial charge is 0.250 e. The van der Waals surface area contributed by atoms with Crippen molar-refractivity contribution < 1.29 is 9.53 Å². The fourth-order valence-electron chi connectivity index (χ4n) is 3.13. The number of methoxy groups -OCH3 is 1. The van der Waals surface area contributed by atoms with Crippen LogP contribution < -0.4 is 15.4 Å². The predicted octanol–water partition coefficient (Wildman–Crippen LogP) is 5.81. The van der Waals surface area contributed by atoms with E-state index in [9.17, 15) is 4.79 Å². The molecule has 0 atom stereocenters. The third-order valence-corrected chi connectivity index (χ3v) is 6.08. The maximum Gasteiger partial charge on any atom is 0.250 e. The second kappa shape index (κ2) is 9.72. The van der Waals surface area contributed by atoms with Gasteiger partial charge in [-0.25, -0.2) is 4.98 Å². The summed E-state index contributed by atoms with van der Waals surface area (Å²) in [6.07, 6.45) is 3.16. The maximum absolute atomic E-state index is 12.2. The number of aromatic nitrogens is 1. The van der Waals surface area contributed by atoms with Gasteiger partial charge in [-0.2, -0.15) is 0 Å². The van der Waals surface area contributed by atoms with Gasteiger partial charge in [0.05, 0.1) is 17.3 Å². The Hall–Kier alpha value is -3.55. The first-order valence-corrected chi connectivity index (χ1v) is 11.1. The number of fused-ring (bicyclic) bond motifs is 1. The minimum atomic E-state index is -0.304. The lowest BCUT2D eigenvalue weighted by molar-refractivity contribution is -0.115. The molecule has 4 rings (SSSR count). The second-order valence-electron chi connectivity index (χ2n) is 7.07. The van der Waals surface area contributed by atoms with Crippen LogP contribution in [0.2, 0.25) is 0 Å². The normalized spacial score (nSPS) is 10.9. The van der Waals surface area contributed by atoms with E-state index in [2.05, 4.69) is 22.8 Å². The highest BCUT2D eigenvalue weighted by Gasteiger charge is 2.09. The molecular weight excluding hydrogens is 438 g/mol. The third kappa shape index (κ3) is 5.19. The zero-order valence-corrected chi connectivity index (χ0v) is 19.2. The molecule has 7 heteroatoms. The topological polar surface area (TPSA) is 63.2 Å². The van der Waals surface area contributed by atoms with Crippen LogP contribution in [0.15, 0.2) is 72.8 Å². The van der Waals surface area contributed by atoms with Gasteiger partial charge in [0, 0.05) is 17.3 Å². The number of rotatable bonds is 5. The van der Waals surface area contributed by atoms with Gasteiger partial charge in [0.2, 0.25) is 5.91 Å². The van der Waals surface area contributed by atoms with Crippen LogP contribution >= 0.6 is 23.6 Å². The van der Waals surface area contributed by atoms with Crippen molar-refractivity contribution in [3.63, 3.8) is 0 Å². The van der Waals surface area contributed by atoms with E-state index in [0.717, 1.165) is 43.4 Å². The predicted molar refractivity (Wildman–Crippen MR) is 136 cm³/mol. The summed E-state index contributed by atoms with van der Waals surface area (Å²) in [4.78, 5) is 16.9. The van der Waals surface area contributed by atoms with Crippen LogP contribution in [0.4, 0.5) is 5.69 Å². The zero-order valence-electron chi connectivity index (χ0n) is 17.6. The number of nitrogens with one attached hydrogen (secondary N) is 2. The Morgan fingerprint density at radius 2 is 1.88 bits per heavy atom. The van der Waals surface area contributed by atoms with Crippen molar-refractivity contribution >= 4 is 56.6 Å². The molecule has 1 heterocycles. The fourth-order valence-corrected chi connectivity index (χ4v) is 4.30. The molecule has 1 aromatic heterocycles. The number of para-hydroxylation sites is 1. The van der Waals surface area contributed by atoms with E-state index in [0.29, 0.717) is 0 Å². The molecule has 0 aliphatic carbocycles. The number of benzene rings is 3. The van der Waals surface area contributed by atoms with Gasteiger partial charge >= 0.3 is 0 Å². The zero-order chi connectivity index (χ0) is 22.5. The molecule has 0 unspecified atom stereocenters. The summed E-state index contributed by atoms with van der Waals surface area (Å²) < 4.78 is 6.29. The Morgan fingerprint density at radius 1 is 1.09 bits per heavy atom. The van der Waals surface area contributed by atoms with E-state index in [-0.39, 0.29) is 11.0 Å². The van der Waals surface area contributed by atoms with Crippen LogP contribution in [0.1, 0.15) is 11.1 Å². The van der Waals surface area contributed by atoms with E-state index < -0.39 is 0 Å². The van der Waals surface area contributed by atoms with E-state index in [1.54, 1.807) is 24.5 Å². The average molecular weight is 460 g/mol. The van der Waals surface area contributed by atoms with Crippen molar-refractivity contribution in [3.8, 4) is 16.3 Å². The highest BCUT2D eigenvalue weighted by atomic mass is 32.1. The van der Waals surface area contributed by atoms with Gasteiger partial charge in [-0.15, -0.1) is 11.3 Å². The number of hydrogen-bond acceptors (Lipinski definition) is 5. The first-order chi connectivity index (χ1) is 15.5. The Balaban J connectivity index is 1.38. The lowest BCUT2D eigenvalue weighted by Gasteiger charge is -2.11. The number of aryl methyl sites for hydroxylation is 1. The lowest BCUT2D eigenvalue weighted by Crippen LogP contribution is -2.33. The molecule has 3 aromatic carbocycles. The van der Waals surface area contributed by atoms with Gasteiger partial charge < -0.3 is 10.1 Å². The SMILES string of the molecule is COc1ccc(/C=C/C(=O)NC(=S)Nc2ccc(-c3nc4ccccc4s3)cc2C)cc1. The highest BCUT2D eigenvalue weighted by Crippen LogP contribution is 2.31.